The number of nitrogens with one attached hydrogen (secondary N) is 2. The molecule has 0 radical (unpaired) electrons. The van der Waals surface area contributed by atoms with Gasteiger partial charge in [-0.2, -0.15) is 0 Å². The minimum Gasteiger partial charge on any atom is -0.451 e. The van der Waals surface area contributed by atoms with Gasteiger partial charge in [-0.3, -0.25) is 14.4 Å². The van der Waals surface area contributed by atoms with Gasteiger partial charge in [0.1, 0.15) is 12.4 Å². The molecule has 2 aromatic rings. The first-order valence-corrected chi connectivity index (χ1v) is 8.38. The molecule has 1 unspecified atom stereocenters. The topological polar surface area (TPSA) is 84.5 Å². The smallest absolute Gasteiger partial charge is 0.326 e. The van der Waals surface area contributed by atoms with Crippen molar-refractivity contribution in [2.24, 2.45) is 0 Å². The summed E-state index contributed by atoms with van der Waals surface area (Å²) in [5.74, 6) is -2.72. The van der Waals surface area contributed by atoms with Gasteiger partial charge in [0.05, 0.1) is 5.56 Å². The molecule has 0 aromatic heterocycles. The Labute approximate surface area is 156 Å². The van der Waals surface area contributed by atoms with Gasteiger partial charge >= 0.3 is 5.97 Å². The van der Waals surface area contributed by atoms with Crippen molar-refractivity contribution >= 4 is 23.5 Å². The molecule has 0 fully saturated rings. The summed E-state index contributed by atoms with van der Waals surface area (Å²) in [5, 5.41) is 4.95. The Hall–Kier alpha value is -3.22. The Morgan fingerprint density at radius 1 is 1.11 bits per heavy atom. The number of amides is 2. The molecule has 7 heteroatoms. The Morgan fingerprint density at radius 2 is 1.81 bits per heavy atom. The number of esters is 1. The lowest BCUT2D eigenvalue weighted by Crippen LogP contribution is -2.36. The van der Waals surface area contributed by atoms with Crippen LogP contribution in [0.3, 0.4) is 0 Å². The van der Waals surface area contributed by atoms with Gasteiger partial charge in [-0.15, -0.1) is 0 Å². The normalized spacial score (nSPS) is 11.4. The molecule has 6 nitrogen and oxygen atoms in total. The van der Waals surface area contributed by atoms with Gasteiger partial charge < -0.3 is 15.4 Å². The molecule has 2 aromatic carbocycles. The van der Waals surface area contributed by atoms with Crippen LogP contribution in [0.25, 0.3) is 0 Å². The third kappa shape index (κ3) is 5.64. The van der Waals surface area contributed by atoms with E-state index in [9.17, 15) is 18.8 Å². The van der Waals surface area contributed by atoms with E-state index in [-0.39, 0.29) is 5.56 Å². The average Bonchev–Trinajstić information content (AvgIpc) is 2.62. The minimum atomic E-state index is -1.05. The number of hydrogen-bond donors (Lipinski definition) is 2. The van der Waals surface area contributed by atoms with Crippen LogP contribution in [0.2, 0.25) is 0 Å². The van der Waals surface area contributed by atoms with E-state index < -0.39 is 36.2 Å². The first-order valence-electron chi connectivity index (χ1n) is 8.38. The van der Waals surface area contributed by atoms with Crippen LogP contribution >= 0.6 is 0 Å². The fraction of sp³-hybridized carbons (Fsp3) is 0.250. The minimum absolute atomic E-state index is 0.175. The van der Waals surface area contributed by atoms with Crippen molar-refractivity contribution in [1.82, 2.24) is 5.32 Å². The molecule has 0 saturated heterocycles. The largest absolute Gasteiger partial charge is 0.451 e. The van der Waals surface area contributed by atoms with E-state index in [1.807, 2.05) is 26.0 Å². The molecule has 0 heterocycles. The summed E-state index contributed by atoms with van der Waals surface area (Å²) in [5.41, 5.74) is 2.40. The number of anilines is 1. The number of carbonyl (C=O) groups is 3. The maximum Gasteiger partial charge on any atom is 0.326 e. The fourth-order valence-corrected chi connectivity index (χ4v) is 2.37. The van der Waals surface area contributed by atoms with Crippen molar-refractivity contribution in [1.29, 1.82) is 0 Å². The summed E-state index contributed by atoms with van der Waals surface area (Å²) >= 11 is 0. The number of rotatable bonds is 6. The molecular formula is C20H21FN2O4. The van der Waals surface area contributed by atoms with E-state index in [0.717, 1.165) is 17.2 Å². The highest BCUT2D eigenvalue weighted by molar-refractivity contribution is 5.97. The third-order valence-electron chi connectivity index (χ3n) is 3.83. The van der Waals surface area contributed by atoms with Crippen LogP contribution in [-0.2, 0) is 14.3 Å². The van der Waals surface area contributed by atoms with Gasteiger partial charge in [0.25, 0.3) is 11.8 Å². The lowest BCUT2D eigenvalue weighted by Gasteiger charge is -2.15. The molecule has 0 spiro atoms. The van der Waals surface area contributed by atoms with Crippen molar-refractivity contribution < 1.29 is 23.5 Å². The van der Waals surface area contributed by atoms with E-state index >= 15 is 0 Å². The predicted octanol–water partition coefficient (Wildman–Crippen LogP) is 2.74. The molecule has 0 saturated carbocycles. The molecular weight excluding hydrogens is 351 g/mol. The summed E-state index contributed by atoms with van der Waals surface area (Å²) < 4.78 is 18.5. The van der Waals surface area contributed by atoms with Crippen LogP contribution in [-0.4, -0.2) is 30.4 Å². The fourth-order valence-electron chi connectivity index (χ4n) is 2.37. The summed E-state index contributed by atoms with van der Waals surface area (Å²) in [6.07, 6.45) is -1.05. The zero-order valence-electron chi connectivity index (χ0n) is 15.3. The standard InChI is InChI=1S/C20H21FN2O4/c1-12-8-9-17(13(2)10-12)23-19(25)14(3)27-18(24)11-22-20(26)15-6-4-5-7-16(15)21/h4-10,14H,11H2,1-3H3,(H,22,26)(H,23,25). The number of aryl methyl sites for hydroxylation is 2. The van der Waals surface area contributed by atoms with Crippen molar-refractivity contribution in [3.63, 3.8) is 0 Å². The van der Waals surface area contributed by atoms with Crippen LogP contribution in [0.4, 0.5) is 10.1 Å². The molecule has 2 rings (SSSR count). The molecule has 2 amide bonds. The lowest BCUT2D eigenvalue weighted by molar-refractivity contribution is -0.152. The van der Waals surface area contributed by atoms with Crippen LogP contribution in [0.15, 0.2) is 42.5 Å². The van der Waals surface area contributed by atoms with Crippen LogP contribution in [0, 0.1) is 19.7 Å². The number of hydrogen-bond acceptors (Lipinski definition) is 4. The summed E-state index contributed by atoms with van der Waals surface area (Å²) in [7, 11) is 0. The van der Waals surface area contributed by atoms with Crippen LogP contribution < -0.4 is 10.6 Å². The second-order valence-corrected chi connectivity index (χ2v) is 6.10. The van der Waals surface area contributed by atoms with E-state index in [2.05, 4.69) is 10.6 Å². The van der Waals surface area contributed by atoms with Crippen molar-refractivity contribution in [3.8, 4) is 0 Å². The number of halogens is 1. The molecule has 1 atom stereocenters. The highest BCUT2D eigenvalue weighted by atomic mass is 19.1. The average molecular weight is 372 g/mol. The third-order valence-corrected chi connectivity index (χ3v) is 3.83. The maximum absolute atomic E-state index is 13.5. The zero-order valence-corrected chi connectivity index (χ0v) is 15.3. The molecule has 142 valence electrons. The highest BCUT2D eigenvalue weighted by Gasteiger charge is 2.19. The SMILES string of the molecule is Cc1ccc(NC(=O)C(C)OC(=O)CNC(=O)c2ccccc2F)c(C)c1. The Bertz CT molecular complexity index is 867. The van der Waals surface area contributed by atoms with Crippen molar-refractivity contribution in [2.75, 3.05) is 11.9 Å². The second-order valence-electron chi connectivity index (χ2n) is 6.10. The molecule has 0 bridgehead atoms. The maximum atomic E-state index is 13.5. The van der Waals surface area contributed by atoms with E-state index in [0.29, 0.717) is 5.69 Å². The molecule has 27 heavy (non-hydrogen) atoms. The molecule has 0 aliphatic carbocycles. The van der Waals surface area contributed by atoms with E-state index in [1.54, 1.807) is 6.07 Å². The Balaban J connectivity index is 1.85. The predicted molar refractivity (Wildman–Crippen MR) is 98.8 cm³/mol. The number of benzene rings is 2. The number of carbonyl (C=O) groups excluding carboxylic acids is 3. The zero-order chi connectivity index (χ0) is 20.0. The quantitative estimate of drug-likeness (QED) is 0.764. The van der Waals surface area contributed by atoms with E-state index in [4.69, 9.17) is 4.74 Å². The van der Waals surface area contributed by atoms with Crippen LogP contribution in [0.5, 0.6) is 0 Å². The second kappa shape index (κ2) is 8.93. The van der Waals surface area contributed by atoms with Crippen molar-refractivity contribution in [3.05, 3.63) is 65.0 Å². The van der Waals surface area contributed by atoms with E-state index in [1.165, 1.54) is 25.1 Å². The van der Waals surface area contributed by atoms with Crippen molar-refractivity contribution in [2.45, 2.75) is 26.9 Å². The summed E-state index contributed by atoms with van der Waals surface area (Å²) in [6.45, 7) is 4.75. The Kier molecular flexibility index (Phi) is 6.65. The van der Waals surface area contributed by atoms with Crippen LogP contribution in [0.1, 0.15) is 28.4 Å². The molecule has 0 aliphatic heterocycles. The highest BCUT2D eigenvalue weighted by Crippen LogP contribution is 2.16. The molecule has 2 N–H and O–H groups in total. The first-order chi connectivity index (χ1) is 12.8. The summed E-state index contributed by atoms with van der Waals surface area (Å²) in [4.78, 5) is 35.9. The lowest BCUT2D eigenvalue weighted by atomic mass is 10.1. The van der Waals surface area contributed by atoms with Gasteiger partial charge in [0, 0.05) is 5.69 Å². The molecule has 0 aliphatic rings. The van der Waals surface area contributed by atoms with Gasteiger partial charge in [-0.25, -0.2) is 4.39 Å². The Morgan fingerprint density at radius 3 is 2.48 bits per heavy atom. The van der Waals surface area contributed by atoms with Gasteiger partial charge in [0.15, 0.2) is 6.10 Å². The van der Waals surface area contributed by atoms with Gasteiger partial charge in [-0.1, -0.05) is 29.8 Å². The number of ether oxygens (including phenoxy) is 1. The first kappa shape index (κ1) is 20.1. The van der Waals surface area contributed by atoms with Gasteiger partial charge in [0.2, 0.25) is 0 Å². The van der Waals surface area contributed by atoms with Gasteiger partial charge in [-0.05, 0) is 44.5 Å². The monoisotopic (exact) mass is 372 g/mol. The summed E-state index contributed by atoms with van der Waals surface area (Å²) in [6, 6.07) is 11.0.